The van der Waals surface area contributed by atoms with Crippen molar-refractivity contribution in [3.05, 3.63) is 35.9 Å². The van der Waals surface area contributed by atoms with Gasteiger partial charge in [-0.3, -0.25) is 4.99 Å². The zero-order chi connectivity index (χ0) is 20.1. The fourth-order valence-electron chi connectivity index (χ4n) is 2.30. The van der Waals surface area contributed by atoms with Gasteiger partial charge in [-0.2, -0.15) is 0 Å². The van der Waals surface area contributed by atoms with Crippen LogP contribution in [0.25, 0.3) is 0 Å². The predicted octanol–water partition coefficient (Wildman–Crippen LogP) is 3.46. The summed E-state index contributed by atoms with van der Waals surface area (Å²) in [7, 11) is 1.69. The summed E-state index contributed by atoms with van der Waals surface area (Å²) < 4.78 is 10.8. The van der Waals surface area contributed by atoms with Crippen molar-refractivity contribution in [2.45, 2.75) is 45.8 Å². The number of guanidine groups is 1. The maximum Gasteiger partial charge on any atom is 0.407 e. The number of nitrogens with one attached hydrogen (secondary N) is 3. The predicted molar refractivity (Wildman–Crippen MR) is 124 cm³/mol. The van der Waals surface area contributed by atoms with Crippen molar-refractivity contribution < 1.29 is 14.3 Å². The van der Waals surface area contributed by atoms with E-state index in [9.17, 15) is 4.79 Å². The molecule has 0 saturated carbocycles. The molecular weight excluding hydrogens is 471 g/mol. The average molecular weight is 506 g/mol. The minimum absolute atomic E-state index is 0. The molecule has 3 N–H and O–H groups in total. The first-order chi connectivity index (χ1) is 12.9. The Morgan fingerprint density at radius 3 is 2.32 bits per heavy atom. The fourth-order valence-corrected chi connectivity index (χ4v) is 2.30. The number of alkyl carbamates (subject to hydrolysis) is 1. The number of benzene rings is 1. The summed E-state index contributed by atoms with van der Waals surface area (Å²) >= 11 is 0. The number of hydrogen-bond donors (Lipinski definition) is 3. The normalized spacial score (nSPS) is 12.5. The number of nitrogens with zero attached hydrogens (tertiary/aromatic N) is 1. The number of amides is 1. The number of methoxy groups -OCH3 is 1. The second-order valence-electron chi connectivity index (χ2n) is 7.06. The summed E-state index contributed by atoms with van der Waals surface area (Å²) in [5.41, 5.74) is 0.616. The van der Waals surface area contributed by atoms with Crippen LogP contribution in [0.15, 0.2) is 35.3 Å². The van der Waals surface area contributed by atoms with Crippen LogP contribution < -0.4 is 16.0 Å². The Balaban J connectivity index is 0.00000729. The van der Waals surface area contributed by atoms with Crippen molar-refractivity contribution in [3.63, 3.8) is 0 Å². The van der Waals surface area contributed by atoms with Gasteiger partial charge in [-0.1, -0.05) is 30.3 Å². The van der Waals surface area contributed by atoms with Crippen molar-refractivity contribution in [3.8, 4) is 0 Å². The van der Waals surface area contributed by atoms with Crippen LogP contribution in [0, 0.1) is 0 Å². The lowest BCUT2D eigenvalue weighted by Crippen LogP contribution is -2.39. The van der Waals surface area contributed by atoms with Gasteiger partial charge in [0.05, 0.1) is 6.54 Å². The maximum absolute atomic E-state index is 11.6. The van der Waals surface area contributed by atoms with E-state index in [2.05, 4.69) is 20.9 Å². The van der Waals surface area contributed by atoms with Gasteiger partial charge in [-0.25, -0.2) is 4.79 Å². The molecule has 0 aliphatic rings. The lowest BCUT2D eigenvalue weighted by atomic mass is 10.1. The Bertz CT molecular complexity index is 577. The first-order valence-electron chi connectivity index (χ1n) is 9.42. The van der Waals surface area contributed by atoms with Gasteiger partial charge in [-0.15, -0.1) is 24.0 Å². The Morgan fingerprint density at radius 2 is 1.75 bits per heavy atom. The second kappa shape index (κ2) is 14.4. The van der Waals surface area contributed by atoms with E-state index < -0.39 is 11.7 Å². The molecule has 7 nitrogen and oxygen atoms in total. The highest BCUT2D eigenvalue weighted by Gasteiger charge is 2.15. The number of carbonyl (C=O) groups is 1. The first-order valence-corrected chi connectivity index (χ1v) is 9.42. The van der Waals surface area contributed by atoms with Gasteiger partial charge in [0.2, 0.25) is 0 Å². The van der Waals surface area contributed by atoms with Gasteiger partial charge in [0.1, 0.15) is 11.7 Å². The van der Waals surface area contributed by atoms with Gasteiger partial charge >= 0.3 is 6.09 Å². The third-order valence-electron chi connectivity index (χ3n) is 3.53. The minimum atomic E-state index is -0.482. The lowest BCUT2D eigenvalue weighted by Gasteiger charge is -2.19. The molecular formula is C20H35IN4O3. The Kier molecular flexibility index (Phi) is 13.6. The van der Waals surface area contributed by atoms with Crippen molar-refractivity contribution >= 4 is 36.0 Å². The zero-order valence-corrected chi connectivity index (χ0v) is 19.9. The van der Waals surface area contributed by atoms with Crippen LogP contribution >= 0.6 is 24.0 Å². The highest BCUT2D eigenvalue weighted by Crippen LogP contribution is 2.16. The monoisotopic (exact) mass is 506 g/mol. The van der Waals surface area contributed by atoms with Gasteiger partial charge < -0.3 is 25.4 Å². The van der Waals surface area contributed by atoms with Crippen molar-refractivity contribution in [1.82, 2.24) is 16.0 Å². The molecule has 0 radical (unpaired) electrons. The summed E-state index contributed by atoms with van der Waals surface area (Å²) in [6.07, 6.45) is 0.278. The molecule has 1 aromatic carbocycles. The molecule has 28 heavy (non-hydrogen) atoms. The van der Waals surface area contributed by atoms with Gasteiger partial charge in [0, 0.05) is 26.7 Å². The SMILES string of the molecule is CCNC(=NCC(OC)c1ccccc1)NCCCNC(=O)OC(C)(C)C.I. The van der Waals surface area contributed by atoms with E-state index in [1.54, 1.807) is 7.11 Å². The van der Waals surface area contributed by atoms with Gasteiger partial charge in [0.25, 0.3) is 0 Å². The molecule has 0 spiro atoms. The molecule has 0 saturated heterocycles. The Hall–Kier alpha value is -1.55. The van der Waals surface area contributed by atoms with Crippen molar-refractivity contribution in [2.24, 2.45) is 4.99 Å². The average Bonchev–Trinajstić information content (AvgIpc) is 2.61. The fraction of sp³-hybridized carbons (Fsp3) is 0.600. The topological polar surface area (TPSA) is 84.0 Å². The van der Waals surface area contributed by atoms with E-state index in [1.807, 2.05) is 58.0 Å². The number of ether oxygens (including phenoxy) is 2. The summed E-state index contributed by atoms with van der Waals surface area (Å²) in [5, 5.41) is 9.22. The van der Waals surface area contributed by atoms with Crippen LogP contribution in [-0.4, -0.2) is 50.9 Å². The molecule has 1 rings (SSSR count). The van der Waals surface area contributed by atoms with E-state index in [-0.39, 0.29) is 30.1 Å². The molecule has 1 unspecified atom stereocenters. The molecule has 0 aliphatic carbocycles. The molecule has 0 heterocycles. The second-order valence-corrected chi connectivity index (χ2v) is 7.06. The smallest absolute Gasteiger partial charge is 0.407 e. The summed E-state index contributed by atoms with van der Waals surface area (Å²) in [4.78, 5) is 16.2. The lowest BCUT2D eigenvalue weighted by molar-refractivity contribution is 0.0527. The van der Waals surface area contributed by atoms with Crippen molar-refractivity contribution in [2.75, 3.05) is 33.3 Å². The molecule has 0 fully saturated rings. The van der Waals surface area contributed by atoms with E-state index in [0.717, 1.165) is 24.5 Å². The third-order valence-corrected chi connectivity index (χ3v) is 3.53. The van der Waals surface area contributed by atoms with Crippen LogP contribution in [-0.2, 0) is 9.47 Å². The highest BCUT2D eigenvalue weighted by atomic mass is 127. The largest absolute Gasteiger partial charge is 0.444 e. The standard InChI is InChI=1S/C20H34N4O3.HI/c1-6-21-18(22-13-10-14-23-19(25)27-20(2,3)4)24-15-17(26-5)16-11-8-7-9-12-16;/h7-9,11-12,17H,6,10,13-15H2,1-5H3,(H,23,25)(H2,21,22,24);1H. The number of aliphatic imine (C=N–C) groups is 1. The van der Waals surface area contributed by atoms with Gasteiger partial charge in [0.15, 0.2) is 5.96 Å². The van der Waals surface area contributed by atoms with Crippen LogP contribution in [0.1, 0.15) is 45.8 Å². The number of carbonyl (C=O) groups excluding carboxylic acids is 1. The molecule has 1 atom stereocenters. The van der Waals surface area contributed by atoms with Crippen LogP contribution in [0.2, 0.25) is 0 Å². The van der Waals surface area contributed by atoms with Crippen LogP contribution in [0.3, 0.4) is 0 Å². The number of halogens is 1. The van der Waals surface area contributed by atoms with E-state index in [0.29, 0.717) is 19.6 Å². The van der Waals surface area contributed by atoms with Crippen molar-refractivity contribution in [1.29, 1.82) is 0 Å². The minimum Gasteiger partial charge on any atom is -0.444 e. The Labute approximate surface area is 186 Å². The molecule has 0 bridgehead atoms. The van der Waals surface area contributed by atoms with E-state index >= 15 is 0 Å². The summed E-state index contributed by atoms with van der Waals surface area (Å²) in [6, 6.07) is 10.0. The molecule has 1 aromatic rings. The summed E-state index contributed by atoms with van der Waals surface area (Å²) in [5.74, 6) is 0.729. The highest BCUT2D eigenvalue weighted by molar-refractivity contribution is 14.0. The molecule has 160 valence electrons. The molecule has 1 amide bonds. The zero-order valence-electron chi connectivity index (χ0n) is 17.6. The van der Waals surface area contributed by atoms with Gasteiger partial charge in [-0.05, 0) is 39.7 Å². The van der Waals surface area contributed by atoms with Crippen LogP contribution in [0.4, 0.5) is 4.79 Å². The van der Waals surface area contributed by atoms with Crippen LogP contribution in [0.5, 0.6) is 0 Å². The Morgan fingerprint density at radius 1 is 1.11 bits per heavy atom. The third kappa shape index (κ3) is 12.0. The summed E-state index contributed by atoms with van der Waals surface area (Å²) in [6.45, 7) is 10.1. The molecule has 0 aromatic heterocycles. The number of hydrogen-bond acceptors (Lipinski definition) is 4. The maximum atomic E-state index is 11.6. The molecule has 0 aliphatic heterocycles. The molecule has 8 heteroatoms. The van der Waals surface area contributed by atoms with E-state index in [4.69, 9.17) is 9.47 Å². The quantitative estimate of drug-likeness (QED) is 0.207. The first kappa shape index (κ1) is 26.4. The van der Waals surface area contributed by atoms with E-state index in [1.165, 1.54) is 0 Å². The number of rotatable bonds is 9.